The van der Waals surface area contributed by atoms with Crippen LogP contribution in [0.1, 0.15) is 36.1 Å². The SMILES string of the molecule is CC(Nc1cc(CNC(=O)[C@@H]2CC(F)(F)CN2S(=O)(=O)c2ccc(Cl)s2)cc(-c2ccc(C(F)(F)F)cc2)n1)c1ccncc1. The Hall–Kier alpha value is -3.66. The number of hydrogen-bond acceptors (Lipinski definition) is 7. The van der Waals surface area contributed by atoms with Gasteiger partial charge >= 0.3 is 6.18 Å². The Morgan fingerprint density at radius 2 is 1.80 bits per heavy atom. The molecule has 1 aromatic carbocycles. The Morgan fingerprint density at radius 1 is 1.11 bits per heavy atom. The van der Waals surface area contributed by atoms with E-state index in [0.29, 0.717) is 32.6 Å². The third-order valence-corrected chi connectivity index (χ3v) is 10.6. The van der Waals surface area contributed by atoms with E-state index in [9.17, 15) is 35.2 Å². The Balaban J connectivity index is 1.41. The van der Waals surface area contributed by atoms with Gasteiger partial charge in [0.2, 0.25) is 5.91 Å². The van der Waals surface area contributed by atoms with Crippen LogP contribution in [0.5, 0.6) is 0 Å². The van der Waals surface area contributed by atoms with Crippen molar-refractivity contribution in [2.75, 3.05) is 11.9 Å². The Bertz CT molecular complexity index is 1790. The molecule has 4 aromatic rings. The molecule has 1 saturated heterocycles. The molecule has 1 amide bonds. The first-order valence-corrected chi connectivity index (χ1v) is 16.0. The van der Waals surface area contributed by atoms with Crippen molar-refractivity contribution in [2.45, 2.75) is 48.3 Å². The number of halogens is 6. The van der Waals surface area contributed by atoms with Crippen molar-refractivity contribution in [3.05, 3.63) is 94.1 Å². The molecule has 45 heavy (non-hydrogen) atoms. The third-order valence-electron chi connectivity index (χ3n) is 7.07. The van der Waals surface area contributed by atoms with E-state index >= 15 is 0 Å². The van der Waals surface area contributed by atoms with Crippen molar-refractivity contribution in [3.63, 3.8) is 0 Å². The molecule has 0 saturated carbocycles. The molecule has 5 rings (SSSR count). The summed E-state index contributed by atoms with van der Waals surface area (Å²) in [5, 5.41) is 5.76. The molecule has 1 aliphatic heterocycles. The number of carbonyl (C=O) groups excluding carboxylic acids is 1. The first-order chi connectivity index (χ1) is 21.1. The molecule has 4 heterocycles. The van der Waals surface area contributed by atoms with Crippen LogP contribution in [-0.2, 0) is 27.5 Å². The number of benzene rings is 1. The van der Waals surface area contributed by atoms with E-state index in [4.69, 9.17) is 11.6 Å². The van der Waals surface area contributed by atoms with Crippen LogP contribution in [0, 0.1) is 0 Å². The van der Waals surface area contributed by atoms with E-state index < -0.39 is 52.6 Å². The van der Waals surface area contributed by atoms with E-state index in [1.807, 2.05) is 6.92 Å². The van der Waals surface area contributed by atoms with E-state index in [-0.39, 0.29) is 26.8 Å². The third kappa shape index (κ3) is 7.60. The van der Waals surface area contributed by atoms with E-state index in [1.165, 1.54) is 30.3 Å². The average Bonchev–Trinajstić information content (AvgIpc) is 3.59. The minimum absolute atomic E-state index is 0.143. The zero-order chi connectivity index (χ0) is 32.6. The molecular weight excluding hydrogens is 661 g/mol. The number of pyridine rings is 2. The quantitative estimate of drug-likeness (QED) is 0.189. The van der Waals surface area contributed by atoms with Crippen molar-refractivity contribution in [1.29, 1.82) is 0 Å². The Morgan fingerprint density at radius 3 is 2.42 bits per heavy atom. The monoisotopic (exact) mass is 685 g/mol. The maximum Gasteiger partial charge on any atom is 0.416 e. The van der Waals surface area contributed by atoms with Gasteiger partial charge in [-0.05, 0) is 66.6 Å². The highest BCUT2D eigenvalue weighted by Gasteiger charge is 2.53. The second-order valence-electron chi connectivity index (χ2n) is 10.4. The van der Waals surface area contributed by atoms with Gasteiger partial charge in [0, 0.05) is 30.9 Å². The zero-order valence-electron chi connectivity index (χ0n) is 23.4. The summed E-state index contributed by atoms with van der Waals surface area (Å²) in [5.41, 5.74) is 1.11. The molecule has 2 atom stereocenters. The Kier molecular flexibility index (Phi) is 9.18. The molecule has 0 spiro atoms. The lowest BCUT2D eigenvalue weighted by Crippen LogP contribution is -2.45. The van der Waals surface area contributed by atoms with Gasteiger partial charge in [-0.15, -0.1) is 11.3 Å². The molecule has 2 N–H and O–H groups in total. The predicted molar refractivity (Wildman–Crippen MR) is 159 cm³/mol. The summed E-state index contributed by atoms with van der Waals surface area (Å²) in [6, 6.07) is 11.7. The smallest absolute Gasteiger partial charge is 0.364 e. The standard InChI is InChI=1S/C29H25ClF5N5O3S2/c1-17(19-8-10-36-11-9-19)38-25-13-18(12-22(39-25)20-2-4-21(5-3-20)29(33,34)35)15-37-27(41)23-14-28(31,32)16-40(23)45(42,43)26-7-6-24(30)44-26/h2-13,17,23H,14-16H2,1H3,(H,37,41)(H,38,39)/t17?,23-/m0/s1. The highest BCUT2D eigenvalue weighted by molar-refractivity contribution is 7.91. The van der Waals surface area contributed by atoms with Crippen LogP contribution in [0.3, 0.4) is 0 Å². The number of nitrogens with zero attached hydrogens (tertiary/aromatic N) is 3. The number of anilines is 1. The van der Waals surface area contributed by atoms with Crippen molar-refractivity contribution >= 4 is 44.7 Å². The van der Waals surface area contributed by atoms with E-state index in [2.05, 4.69) is 20.6 Å². The first-order valence-electron chi connectivity index (χ1n) is 13.4. The number of amides is 1. The van der Waals surface area contributed by atoms with Gasteiger partial charge in [-0.1, -0.05) is 23.7 Å². The number of thiophene rings is 1. The summed E-state index contributed by atoms with van der Waals surface area (Å²) in [6.07, 6.45) is -2.31. The fraction of sp³-hybridized carbons (Fsp3) is 0.276. The Labute approximate surface area is 264 Å². The van der Waals surface area contributed by atoms with Gasteiger partial charge < -0.3 is 10.6 Å². The second-order valence-corrected chi connectivity index (χ2v) is 14.2. The fourth-order valence-corrected chi connectivity index (χ4v) is 8.05. The van der Waals surface area contributed by atoms with Crippen molar-refractivity contribution < 1.29 is 35.2 Å². The molecule has 1 fully saturated rings. The number of hydrogen-bond donors (Lipinski definition) is 2. The summed E-state index contributed by atoms with van der Waals surface area (Å²) in [7, 11) is -4.45. The van der Waals surface area contributed by atoms with Crippen LogP contribution in [0.15, 0.2) is 77.3 Å². The summed E-state index contributed by atoms with van der Waals surface area (Å²) < 4.78 is 95.0. The molecule has 0 aliphatic carbocycles. The lowest BCUT2D eigenvalue weighted by atomic mass is 10.1. The highest BCUT2D eigenvalue weighted by Crippen LogP contribution is 2.38. The largest absolute Gasteiger partial charge is 0.416 e. The number of nitrogens with one attached hydrogen (secondary N) is 2. The van der Waals surface area contributed by atoms with E-state index in [0.717, 1.165) is 17.7 Å². The predicted octanol–water partition coefficient (Wildman–Crippen LogP) is 6.77. The van der Waals surface area contributed by atoms with Crippen LogP contribution >= 0.6 is 22.9 Å². The van der Waals surface area contributed by atoms with Crippen LogP contribution < -0.4 is 10.6 Å². The van der Waals surface area contributed by atoms with Crippen LogP contribution in [-0.4, -0.2) is 47.1 Å². The second kappa shape index (κ2) is 12.6. The van der Waals surface area contributed by atoms with Gasteiger partial charge in [-0.3, -0.25) is 9.78 Å². The number of sulfonamides is 1. The molecule has 8 nitrogen and oxygen atoms in total. The van der Waals surface area contributed by atoms with Crippen LogP contribution in [0.4, 0.5) is 27.8 Å². The summed E-state index contributed by atoms with van der Waals surface area (Å²) in [5.74, 6) is -4.05. The minimum Gasteiger partial charge on any atom is -0.364 e. The average molecular weight is 686 g/mol. The van der Waals surface area contributed by atoms with Crippen molar-refractivity contribution in [3.8, 4) is 11.3 Å². The lowest BCUT2D eigenvalue weighted by Gasteiger charge is -2.22. The van der Waals surface area contributed by atoms with Gasteiger partial charge in [-0.2, -0.15) is 17.5 Å². The summed E-state index contributed by atoms with van der Waals surface area (Å²) >= 11 is 6.55. The molecule has 0 bridgehead atoms. The first kappa shape index (κ1) is 32.7. The van der Waals surface area contributed by atoms with Gasteiger partial charge in [0.15, 0.2) is 0 Å². The molecule has 0 radical (unpaired) electrons. The fourth-order valence-electron chi connectivity index (χ4n) is 4.82. The van der Waals surface area contributed by atoms with Crippen LogP contribution in [0.25, 0.3) is 11.3 Å². The van der Waals surface area contributed by atoms with E-state index in [1.54, 1.807) is 30.6 Å². The molecule has 1 aliphatic rings. The zero-order valence-corrected chi connectivity index (χ0v) is 25.7. The van der Waals surface area contributed by atoms with Crippen molar-refractivity contribution in [1.82, 2.24) is 19.6 Å². The van der Waals surface area contributed by atoms with Crippen LogP contribution in [0.2, 0.25) is 4.34 Å². The normalized spacial score (nSPS) is 17.6. The number of carbonyl (C=O) groups is 1. The lowest BCUT2D eigenvalue weighted by molar-refractivity contribution is -0.137. The van der Waals surface area contributed by atoms with Crippen molar-refractivity contribution in [2.24, 2.45) is 0 Å². The molecular formula is C29H25ClF5N5O3S2. The topological polar surface area (TPSA) is 104 Å². The summed E-state index contributed by atoms with van der Waals surface area (Å²) in [4.78, 5) is 21.8. The number of alkyl halides is 5. The maximum absolute atomic E-state index is 14.5. The van der Waals surface area contributed by atoms with Gasteiger partial charge in [0.1, 0.15) is 16.1 Å². The summed E-state index contributed by atoms with van der Waals surface area (Å²) in [6.45, 7) is 0.477. The highest BCUT2D eigenvalue weighted by atomic mass is 35.5. The molecule has 3 aromatic heterocycles. The molecule has 238 valence electrons. The van der Waals surface area contributed by atoms with Gasteiger partial charge in [0.25, 0.3) is 15.9 Å². The maximum atomic E-state index is 14.5. The number of aromatic nitrogens is 2. The minimum atomic E-state index is -4.53. The van der Waals surface area contributed by atoms with Gasteiger partial charge in [-0.25, -0.2) is 22.2 Å². The molecule has 16 heteroatoms. The van der Waals surface area contributed by atoms with Gasteiger partial charge in [0.05, 0.1) is 28.2 Å². The molecule has 1 unspecified atom stereocenters. The number of rotatable bonds is 9.